The Kier molecular flexibility index (Phi) is 5.25. The molecule has 0 radical (unpaired) electrons. The number of aliphatic imine (C=N–C) groups is 1. The van der Waals surface area contributed by atoms with Crippen molar-refractivity contribution in [1.29, 1.82) is 0 Å². The lowest BCUT2D eigenvalue weighted by Gasteiger charge is -2.22. The van der Waals surface area contributed by atoms with Gasteiger partial charge in [0.1, 0.15) is 23.5 Å². The highest BCUT2D eigenvalue weighted by molar-refractivity contribution is 6.08. The van der Waals surface area contributed by atoms with Crippen LogP contribution < -0.4 is 10.6 Å². The van der Waals surface area contributed by atoms with Gasteiger partial charge in [-0.2, -0.15) is 4.99 Å². The molecule has 2 amide bonds. The molecule has 0 aromatic heterocycles. The third kappa shape index (κ3) is 4.43. The topological polar surface area (TPSA) is 96.0 Å². The van der Waals surface area contributed by atoms with Crippen LogP contribution in [-0.4, -0.2) is 28.8 Å². The quantitative estimate of drug-likeness (QED) is 0.498. The minimum Gasteiger partial charge on any atom is -0.512 e. The average molecular weight is 349 g/mol. The number of amides is 2. The van der Waals surface area contributed by atoms with E-state index in [1.54, 1.807) is 20.8 Å². The third-order valence-corrected chi connectivity index (χ3v) is 3.89. The average Bonchev–Trinajstić information content (AvgIpc) is 2.89. The Labute approximate surface area is 147 Å². The molecular weight excluding hydrogens is 325 g/mol. The fraction of sp³-hybridized carbons (Fsp3) is 0.389. The molecule has 1 fully saturated rings. The van der Waals surface area contributed by atoms with E-state index in [9.17, 15) is 19.1 Å². The van der Waals surface area contributed by atoms with Crippen molar-refractivity contribution in [2.75, 3.05) is 4.90 Å². The Morgan fingerprint density at radius 2 is 2.00 bits per heavy atom. The number of nitrogens with two attached hydrogens (primary N) is 1. The van der Waals surface area contributed by atoms with Crippen LogP contribution in [0.2, 0.25) is 0 Å². The number of benzene rings is 1. The zero-order chi connectivity index (χ0) is 18.8. The molecule has 1 heterocycles. The van der Waals surface area contributed by atoms with Gasteiger partial charge >= 0.3 is 0 Å². The summed E-state index contributed by atoms with van der Waals surface area (Å²) in [6, 6.07) is 4.55. The summed E-state index contributed by atoms with van der Waals surface area (Å²) in [5, 5.41) is 9.92. The van der Waals surface area contributed by atoms with Gasteiger partial charge < -0.3 is 10.8 Å². The standard InChI is InChI=1S/C18H22FN3O3.H2/c1-18(2,3)14(23)10-15(20)21-17(25)13-8-9-16(24)22(13)12-6-4-11(19)5-7-12;/h4-7,10,13,23H,8-9H2,1-3H3,(H2,20,21,25);1H/b14-10-;/t13-;/m0./s1. The van der Waals surface area contributed by atoms with Gasteiger partial charge in [-0.05, 0) is 30.7 Å². The number of hydrogen-bond acceptors (Lipinski definition) is 3. The van der Waals surface area contributed by atoms with Crippen molar-refractivity contribution < 1.29 is 20.5 Å². The van der Waals surface area contributed by atoms with Crippen LogP contribution in [0.1, 0.15) is 35.0 Å². The summed E-state index contributed by atoms with van der Waals surface area (Å²) in [5.41, 5.74) is 5.63. The molecule has 0 saturated carbocycles. The molecule has 1 aromatic carbocycles. The zero-order valence-corrected chi connectivity index (χ0v) is 14.5. The van der Waals surface area contributed by atoms with Crippen LogP contribution in [0.3, 0.4) is 0 Å². The molecule has 1 atom stereocenters. The molecule has 0 spiro atoms. The van der Waals surface area contributed by atoms with Gasteiger partial charge in [0.2, 0.25) is 5.91 Å². The highest BCUT2D eigenvalue weighted by Crippen LogP contribution is 2.28. The number of aliphatic hydroxyl groups is 1. The predicted octanol–water partition coefficient (Wildman–Crippen LogP) is 2.94. The Balaban J connectivity index is 0.00000338. The van der Waals surface area contributed by atoms with E-state index in [0.29, 0.717) is 12.1 Å². The van der Waals surface area contributed by atoms with Crippen molar-refractivity contribution in [2.45, 2.75) is 39.7 Å². The summed E-state index contributed by atoms with van der Waals surface area (Å²) < 4.78 is 13.1. The van der Waals surface area contributed by atoms with Crippen LogP contribution in [0.15, 0.2) is 41.1 Å². The largest absolute Gasteiger partial charge is 0.512 e. The van der Waals surface area contributed by atoms with Crippen molar-refractivity contribution >= 4 is 23.3 Å². The molecule has 0 aliphatic carbocycles. The van der Waals surface area contributed by atoms with Crippen LogP contribution in [0.5, 0.6) is 0 Å². The maximum atomic E-state index is 13.1. The zero-order valence-electron chi connectivity index (χ0n) is 14.5. The fourth-order valence-electron chi connectivity index (χ4n) is 2.43. The van der Waals surface area contributed by atoms with E-state index in [0.717, 1.165) is 0 Å². The van der Waals surface area contributed by atoms with Crippen LogP contribution in [0.4, 0.5) is 10.1 Å². The fourth-order valence-corrected chi connectivity index (χ4v) is 2.43. The minimum absolute atomic E-state index is 0. The van der Waals surface area contributed by atoms with Crippen LogP contribution >= 0.6 is 0 Å². The molecule has 0 unspecified atom stereocenters. The van der Waals surface area contributed by atoms with E-state index in [1.165, 1.54) is 35.2 Å². The van der Waals surface area contributed by atoms with Crippen molar-refractivity contribution in [3.8, 4) is 0 Å². The molecule has 6 nitrogen and oxygen atoms in total. The van der Waals surface area contributed by atoms with Crippen molar-refractivity contribution in [3.63, 3.8) is 0 Å². The molecule has 1 saturated heterocycles. The SMILES string of the molecule is CC(C)(C)/C(O)=C/C(N)=NC(=O)[C@@H]1CCC(=O)N1c1ccc(F)cc1.[HH]. The van der Waals surface area contributed by atoms with E-state index in [4.69, 9.17) is 5.73 Å². The summed E-state index contributed by atoms with van der Waals surface area (Å²) in [6.45, 7) is 5.37. The molecule has 1 aliphatic rings. The summed E-state index contributed by atoms with van der Waals surface area (Å²) in [7, 11) is 0. The summed E-state index contributed by atoms with van der Waals surface area (Å²) in [6.07, 6.45) is 1.74. The summed E-state index contributed by atoms with van der Waals surface area (Å²) in [5.74, 6) is -1.36. The Morgan fingerprint density at radius 1 is 1.40 bits per heavy atom. The third-order valence-electron chi connectivity index (χ3n) is 3.89. The molecule has 7 heteroatoms. The van der Waals surface area contributed by atoms with E-state index in [2.05, 4.69) is 4.99 Å². The molecule has 136 valence electrons. The number of carbonyl (C=O) groups is 2. The predicted molar refractivity (Wildman–Crippen MR) is 95.8 cm³/mol. The van der Waals surface area contributed by atoms with Crippen LogP contribution in [0, 0.1) is 11.2 Å². The number of halogens is 1. The number of nitrogens with zero attached hydrogens (tertiary/aromatic N) is 2. The Bertz CT molecular complexity index is 739. The van der Waals surface area contributed by atoms with Gasteiger partial charge in [0, 0.05) is 25.0 Å². The second kappa shape index (κ2) is 7.04. The maximum absolute atomic E-state index is 13.1. The normalized spacial score (nSPS) is 19.4. The van der Waals surface area contributed by atoms with Gasteiger partial charge in [0.25, 0.3) is 5.91 Å². The van der Waals surface area contributed by atoms with Crippen molar-refractivity contribution in [1.82, 2.24) is 0 Å². The van der Waals surface area contributed by atoms with Gasteiger partial charge in [-0.15, -0.1) is 0 Å². The number of allylic oxidation sites excluding steroid dienone is 1. The number of rotatable bonds is 3. The minimum atomic E-state index is -0.790. The van der Waals surface area contributed by atoms with Gasteiger partial charge in [0.15, 0.2) is 0 Å². The lowest BCUT2D eigenvalue weighted by atomic mass is 9.93. The Morgan fingerprint density at radius 3 is 2.56 bits per heavy atom. The molecule has 3 N–H and O–H groups in total. The van der Waals surface area contributed by atoms with E-state index in [1.807, 2.05) is 0 Å². The summed E-state index contributed by atoms with van der Waals surface area (Å²) >= 11 is 0. The molecule has 0 bridgehead atoms. The maximum Gasteiger partial charge on any atom is 0.270 e. The first kappa shape index (κ1) is 18.6. The van der Waals surface area contributed by atoms with Gasteiger partial charge in [0.05, 0.1) is 0 Å². The number of carbonyl (C=O) groups excluding carboxylic acids is 2. The van der Waals surface area contributed by atoms with Crippen molar-refractivity contribution in [2.24, 2.45) is 16.1 Å². The van der Waals surface area contributed by atoms with Crippen LogP contribution in [-0.2, 0) is 9.59 Å². The second-order valence-corrected chi connectivity index (χ2v) is 6.95. The lowest BCUT2D eigenvalue weighted by molar-refractivity contribution is -0.121. The van der Waals surface area contributed by atoms with Crippen LogP contribution in [0.25, 0.3) is 0 Å². The number of aliphatic hydroxyl groups excluding tert-OH is 1. The Hall–Kier alpha value is -2.70. The number of hydrogen-bond donors (Lipinski definition) is 2. The highest BCUT2D eigenvalue weighted by Gasteiger charge is 2.37. The van der Waals surface area contributed by atoms with Gasteiger partial charge in [-0.3, -0.25) is 14.5 Å². The van der Waals surface area contributed by atoms with Gasteiger partial charge in [-0.1, -0.05) is 20.8 Å². The lowest BCUT2D eigenvalue weighted by Crippen LogP contribution is -2.38. The highest BCUT2D eigenvalue weighted by atomic mass is 19.1. The van der Waals surface area contributed by atoms with E-state index < -0.39 is 23.2 Å². The van der Waals surface area contributed by atoms with Crippen molar-refractivity contribution in [3.05, 3.63) is 41.9 Å². The number of anilines is 1. The first-order chi connectivity index (χ1) is 11.6. The second-order valence-electron chi connectivity index (χ2n) is 6.95. The smallest absolute Gasteiger partial charge is 0.270 e. The first-order valence-electron chi connectivity index (χ1n) is 7.96. The van der Waals surface area contributed by atoms with Gasteiger partial charge in [-0.25, -0.2) is 4.39 Å². The van der Waals surface area contributed by atoms with E-state index in [-0.39, 0.29) is 25.3 Å². The number of amidine groups is 1. The summed E-state index contributed by atoms with van der Waals surface area (Å²) in [4.78, 5) is 29.7. The molecular formula is C18H24FN3O3. The molecule has 25 heavy (non-hydrogen) atoms. The molecule has 1 aromatic rings. The molecule has 1 aliphatic heterocycles. The van der Waals surface area contributed by atoms with E-state index >= 15 is 0 Å². The first-order valence-corrected chi connectivity index (χ1v) is 7.96. The monoisotopic (exact) mass is 349 g/mol. The molecule has 2 rings (SSSR count).